The van der Waals surface area contributed by atoms with E-state index in [2.05, 4.69) is 90.4 Å². The molecule has 2 atom stereocenters. The fraction of sp³-hybridized carbons (Fsp3) is 0.950. The molecule has 0 aliphatic heterocycles. The summed E-state index contributed by atoms with van der Waals surface area (Å²) >= 11 is 0. The van der Waals surface area contributed by atoms with E-state index in [1.807, 2.05) is 0 Å². The van der Waals surface area contributed by atoms with Gasteiger partial charge < -0.3 is 0 Å². The molecule has 0 nitrogen and oxygen atoms in total. The molecule has 2 unspecified atom stereocenters. The highest BCUT2D eigenvalue weighted by Gasteiger charge is 2.32. The summed E-state index contributed by atoms with van der Waals surface area (Å²) in [5, 5.41) is 2.98. The fourth-order valence-electron chi connectivity index (χ4n) is 6.35. The largest absolute Gasteiger partial charge is 0.114 e. The van der Waals surface area contributed by atoms with Crippen molar-refractivity contribution in [3.05, 3.63) is 0 Å². The molecule has 0 aliphatic rings. The van der Waals surface area contributed by atoms with E-state index in [1.54, 1.807) is 34.0 Å². The van der Waals surface area contributed by atoms with E-state index in [0.717, 1.165) is 0 Å². The lowest BCUT2D eigenvalue weighted by molar-refractivity contribution is 1.46. The van der Waals surface area contributed by atoms with E-state index in [-0.39, 0.29) is 17.9 Å². The quantitative estimate of drug-likeness (QED) is 0.258. The van der Waals surface area contributed by atoms with Gasteiger partial charge in [-0.25, -0.2) is 0 Å². The highest BCUT2D eigenvalue weighted by Crippen LogP contribution is 2.26. The summed E-state index contributed by atoms with van der Waals surface area (Å²) < 4.78 is 0. The van der Waals surface area contributed by atoms with Crippen molar-refractivity contribution in [2.75, 3.05) is 0 Å². The lowest BCUT2D eigenvalue weighted by atomic mass is 11.7. The SMILES string of the molecule is C[SiH2]C[Si](C)(C)C[SiH](C)C[Si](C)(C)C[SiH](C)C[Si](C)(C)/C=[Si](/C)C[Si](C)(C)C. The van der Waals surface area contributed by atoms with Crippen LogP contribution in [0.3, 0.4) is 0 Å². The molecule has 0 saturated carbocycles. The molecule has 0 spiro atoms. The molecule has 0 N–H and O–H groups in total. The van der Waals surface area contributed by atoms with Crippen LogP contribution >= 0.6 is 0 Å². The second-order valence-electron chi connectivity index (χ2n) is 13.8. The topological polar surface area (TPSA) is 0 Å². The maximum Gasteiger partial charge on any atom is 0.0638 e. The summed E-state index contributed by atoms with van der Waals surface area (Å²) in [5.74, 6) is 0. The minimum Gasteiger partial charge on any atom is -0.114 e. The number of hydrogen-bond donors (Lipinski definition) is 0. The lowest BCUT2D eigenvalue weighted by Crippen LogP contribution is -2.43. The maximum atomic E-state index is 2.98. The van der Waals surface area contributed by atoms with Crippen molar-refractivity contribution in [3.63, 3.8) is 0 Å². The van der Waals surface area contributed by atoms with Gasteiger partial charge in [0.2, 0.25) is 0 Å². The number of hydrogen-bond acceptors (Lipinski definition) is 0. The molecule has 0 rings (SSSR count). The van der Waals surface area contributed by atoms with Gasteiger partial charge in [0.25, 0.3) is 0 Å². The molecule has 0 aliphatic carbocycles. The van der Waals surface area contributed by atoms with Crippen molar-refractivity contribution in [1.82, 2.24) is 0 Å². The predicted molar refractivity (Wildman–Crippen MR) is 163 cm³/mol. The zero-order chi connectivity index (χ0) is 22.4. The van der Waals surface area contributed by atoms with Gasteiger partial charge in [0.05, 0.1) is 8.07 Å². The van der Waals surface area contributed by atoms with E-state index in [4.69, 9.17) is 0 Å². The first-order valence-electron chi connectivity index (χ1n) is 12.0. The number of rotatable bonds is 13. The minimum absolute atomic E-state index is 0.190. The Morgan fingerprint density at radius 1 is 0.750 bits per heavy atom. The first-order chi connectivity index (χ1) is 12.4. The van der Waals surface area contributed by atoms with Gasteiger partial charge in [0.15, 0.2) is 0 Å². The molecule has 28 heavy (non-hydrogen) atoms. The molecule has 168 valence electrons. The highest BCUT2D eigenvalue weighted by atomic mass is 28.4. The van der Waals surface area contributed by atoms with Gasteiger partial charge in [-0.05, 0) is 14.1 Å². The van der Waals surface area contributed by atoms with E-state index < -0.39 is 49.9 Å². The van der Waals surface area contributed by atoms with E-state index >= 15 is 0 Å². The van der Waals surface area contributed by atoms with Crippen molar-refractivity contribution < 1.29 is 0 Å². The molecule has 0 fully saturated rings. The maximum absolute atomic E-state index is 2.98. The molecule has 8 heteroatoms. The molecule has 0 aromatic heterocycles. The van der Waals surface area contributed by atoms with Crippen molar-refractivity contribution in [2.24, 2.45) is 0 Å². The van der Waals surface area contributed by atoms with E-state index in [9.17, 15) is 0 Å². The standard InChI is InChI=1S/C20H56Si8/c1-21-14-26(8,9)16-23(3)18-28(12,13)20-24(4)19-27(10,11)17-22(2)15-25(5,6)7/h17,23-24H,14-16,18-21H2,1-13H3/b22-17-. The minimum atomic E-state index is -1.07. The van der Waals surface area contributed by atoms with Crippen LogP contribution in [-0.4, -0.2) is 73.1 Å². The Balaban J connectivity index is 4.77. The van der Waals surface area contributed by atoms with Gasteiger partial charge in [0, 0.05) is 51.3 Å². The zero-order valence-electron chi connectivity index (χ0n) is 22.2. The summed E-state index contributed by atoms with van der Waals surface area (Å²) in [5.41, 5.74) is 10.2. The van der Waals surface area contributed by atoms with Crippen LogP contribution in [0.1, 0.15) is 0 Å². The summed E-state index contributed by atoms with van der Waals surface area (Å²) in [6, 6.07) is 0. The average molecular weight is 521 g/mol. The zero-order valence-corrected chi connectivity index (χ0v) is 30.9. The molecule has 0 bridgehead atoms. The third-order valence-electron chi connectivity index (χ3n) is 5.95. The summed E-state index contributed by atoms with van der Waals surface area (Å²) in [7, 11) is -4.62. The van der Waals surface area contributed by atoms with Crippen molar-refractivity contribution in [2.45, 2.75) is 119 Å². The lowest BCUT2D eigenvalue weighted by Gasteiger charge is -2.33. The van der Waals surface area contributed by atoms with Crippen LogP contribution in [0.4, 0.5) is 0 Å². The van der Waals surface area contributed by atoms with Crippen LogP contribution in [0, 0.1) is 0 Å². The second-order valence-corrected chi connectivity index (χ2v) is 49.8. The van der Waals surface area contributed by atoms with Crippen LogP contribution < -0.4 is 0 Å². The van der Waals surface area contributed by atoms with Gasteiger partial charge >= 0.3 is 0 Å². The first-order valence-corrected chi connectivity index (χ1v) is 36.1. The van der Waals surface area contributed by atoms with Crippen LogP contribution in [0.5, 0.6) is 0 Å². The Morgan fingerprint density at radius 2 is 1.18 bits per heavy atom. The van der Waals surface area contributed by atoms with Crippen molar-refractivity contribution >= 4 is 73.1 Å². The van der Waals surface area contributed by atoms with Gasteiger partial charge in [-0.15, -0.1) is 5.30 Å². The predicted octanol–water partition coefficient (Wildman–Crippen LogP) is 6.08. The Hall–Kier alpha value is 1.61. The van der Waals surface area contributed by atoms with Crippen molar-refractivity contribution in [1.29, 1.82) is 0 Å². The van der Waals surface area contributed by atoms with Gasteiger partial charge in [0.1, 0.15) is 0 Å². The van der Waals surface area contributed by atoms with Gasteiger partial charge in [-0.3, -0.25) is 0 Å². The van der Waals surface area contributed by atoms with Gasteiger partial charge in [-0.1, -0.05) is 113 Å². The highest BCUT2D eigenvalue weighted by molar-refractivity contribution is 7.16. The Bertz CT molecular complexity index is 491. The average Bonchev–Trinajstić information content (AvgIpc) is 2.29. The monoisotopic (exact) mass is 520 g/mol. The van der Waals surface area contributed by atoms with Crippen LogP contribution in [-0.2, 0) is 0 Å². The molecule has 0 radical (unpaired) electrons. The third kappa shape index (κ3) is 15.4. The molecular formula is C20H56Si8. The molecule has 0 saturated heterocycles. The van der Waals surface area contributed by atoms with Crippen LogP contribution in [0.15, 0.2) is 0 Å². The second kappa shape index (κ2) is 12.0. The normalized spacial score (nSPS) is 17.4. The molecular weight excluding hydrogens is 465 g/mol. The third-order valence-corrected chi connectivity index (χ3v) is 53.6. The van der Waals surface area contributed by atoms with Crippen molar-refractivity contribution in [3.8, 4) is 0 Å². The van der Waals surface area contributed by atoms with E-state index in [1.165, 1.54) is 0 Å². The van der Waals surface area contributed by atoms with Crippen LogP contribution in [0.2, 0.25) is 119 Å². The molecule has 0 aromatic rings. The fourth-order valence-corrected chi connectivity index (χ4v) is 65.0. The Morgan fingerprint density at radius 3 is 1.61 bits per heavy atom. The Labute approximate surface area is 191 Å². The summed E-state index contributed by atoms with van der Waals surface area (Å²) in [6.45, 7) is 34.6. The summed E-state index contributed by atoms with van der Waals surface area (Å²) in [6.07, 6.45) is 0. The first kappa shape index (κ1) is 29.6. The summed E-state index contributed by atoms with van der Waals surface area (Å²) in [4.78, 5) is 0. The van der Waals surface area contributed by atoms with Crippen LogP contribution in [0.25, 0.3) is 0 Å². The molecule has 0 heterocycles. The van der Waals surface area contributed by atoms with E-state index in [0.29, 0.717) is 0 Å². The Kier molecular flexibility index (Phi) is 12.7. The van der Waals surface area contributed by atoms with Gasteiger partial charge in [-0.2, -0.15) is 0 Å². The smallest absolute Gasteiger partial charge is 0.0638 e. The molecule has 0 amide bonds. The molecule has 0 aromatic carbocycles.